The molecule has 2 rings (SSSR count). The van der Waals surface area contributed by atoms with Crippen molar-refractivity contribution < 1.29 is 23.1 Å². The fourth-order valence-electron chi connectivity index (χ4n) is 1.41. The molecule has 0 aliphatic carbocycles. The molecule has 1 aromatic carbocycles. The lowest BCUT2D eigenvalue weighted by atomic mass is 10.1. The highest BCUT2D eigenvalue weighted by molar-refractivity contribution is 6.02. The first kappa shape index (κ1) is 10.4. The van der Waals surface area contributed by atoms with Gasteiger partial charge in [0.25, 0.3) is 0 Å². The maximum absolute atomic E-state index is 13.3. The molecular formula is C10H4F3NO2. The Kier molecular flexibility index (Phi) is 2.26. The van der Waals surface area contributed by atoms with E-state index in [0.717, 1.165) is 12.3 Å². The standard InChI is InChI=1S/C10H4F3NO2/c11-5-3-6(12)8(13)9-7(5)4(10(15)16)1-2-14-9/h1-3H,(H,15,16). The summed E-state index contributed by atoms with van der Waals surface area (Å²) in [7, 11) is 0. The summed E-state index contributed by atoms with van der Waals surface area (Å²) >= 11 is 0. The van der Waals surface area contributed by atoms with E-state index >= 15 is 0 Å². The van der Waals surface area contributed by atoms with Crippen molar-refractivity contribution in [1.82, 2.24) is 4.98 Å². The molecule has 16 heavy (non-hydrogen) atoms. The average molecular weight is 227 g/mol. The predicted octanol–water partition coefficient (Wildman–Crippen LogP) is 2.35. The molecule has 3 nitrogen and oxygen atoms in total. The second kappa shape index (κ2) is 3.48. The molecule has 0 amide bonds. The van der Waals surface area contributed by atoms with Gasteiger partial charge in [0.15, 0.2) is 11.6 Å². The summed E-state index contributed by atoms with van der Waals surface area (Å²) < 4.78 is 39.4. The summed E-state index contributed by atoms with van der Waals surface area (Å²) in [4.78, 5) is 14.2. The second-order valence-corrected chi connectivity index (χ2v) is 3.04. The summed E-state index contributed by atoms with van der Waals surface area (Å²) in [6.07, 6.45) is 0.980. The number of benzene rings is 1. The number of aromatic nitrogens is 1. The molecule has 2 aromatic rings. The first-order valence-electron chi connectivity index (χ1n) is 4.18. The Balaban J connectivity index is 2.99. The lowest BCUT2D eigenvalue weighted by Gasteiger charge is -2.04. The third kappa shape index (κ3) is 1.39. The number of hydrogen-bond acceptors (Lipinski definition) is 2. The largest absolute Gasteiger partial charge is 0.478 e. The normalized spacial score (nSPS) is 10.7. The third-order valence-electron chi connectivity index (χ3n) is 2.09. The van der Waals surface area contributed by atoms with Crippen LogP contribution in [-0.2, 0) is 0 Å². The molecule has 1 aromatic heterocycles. The van der Waals surface area contributed by atoms with E-state index in [0.29, 0.717) is 6.07 Å². The van der Waals surface area contributed by atoms with Crippen LogP contribution in [0.3, 0.4) is 0 Å². The van der Waals surface area contributed by atoms with E-state index in [1.54, 1.807) is 0 Å². The number of nitrogens with zero attached hydrogens (tertiary/aromatic N) is 1. The highest BCUT2D eigenvalue weighted by Crippen LogP contribution is 2.24. The van der Waals surface area contributed by atoms with E-state index in [2.05, 4.69) is 4.98 Å². The Bertz CT molecular complexity index is 598. The van der Waals surface area contributed by atoms with Crippen LogP contribution in [0.2, 0.25) is 0 Å². The molecule has 0 aliphatic rings. The molecule has 0 unspecified atom stereocenters. The number of halogens is 3. The predicted molar refractivity (Wildman–Crippen MR) is 48.6 cm³/mol. The van der Waals surface area contributed by atoms with Gasteiger partial charge in [0.1, 0.15) is 11.3 Å². The molecule has 0 aliphatic heterocycles. The topological polar surface area (TPSA) is 50.2 Å². The number of fused-ring (bicyclic) bond motifs is 1. The maximum Gasteiger partial charge on any atom is 0.336 e. The van der Waals surface area contributed by atoms with Crippen molar-refractivity contribution in [3.8, 4) is 0 Å². The van der Waals surface area contributed by atoms with Gasteiger partial charge in [0, 0.05) is 12.3 Å². The maximum atomic E-state index is 13.3. The van der Waals surface area contributed by atoms with Crippen LogP contribution in [0.1, 0.15) is 10.4 Å². The van der Waals surface area contributed by atoms with E-state index in [4.69, 9.17) is 5.11 Å². The first-order valence-corrected chi connectivity index (χ1v) is 4.18. The molecule has 1 heterocycles. The molecular weight excluding hydrogens is 223 g/mol. The van der Waals surface area contributed by atoms with Gasteiger partial charge in [-0.1, -0.05) is 0 Å². The van der Waals surface area contributed by atoms with Gasteiger partial charge < -0.3 is 5.11 Å². The van der Waals surface area contributed by atoms with Gasteiger partial charge in [-0.15, -0.1) is 0 Å². The Labute approximate surface area is 87.2 Å². The highest BCUT2D eigenvalue weighted by atomic mass is 19.2. The number of pyridine rings is 1. The van der Waals surface area contributed by atoms with Gasteiger partial charge in [-0.2, -0.15) is 0 Å². The lowest BCUT2D eigenvalue weighted by Crippen LogP contribution is -2.02. The summed E-state index contributed by atoms with van der Waals surface area (Å²) in [5.41, 5.74) is -1.08. The zero-order chi connectivity index (χ0) is 11.9. The molecule has 0 spiro atoms. The number of hydrogen-bond donors (Lipinski definition) is 1. The van der Waals surface area contributed by atoms with Gasteiger partial charge in [-0.3, -0.25) is 4.98 Å². The molecule has 0 bridgehead atoms. The number of carboxylic acid groups (broad SMARTS) is 1. The Morgan fingerprint density at radius 2 is 1.94 bits per heavy atom. The molecule has 6 heteroatoms. The van der Waals surface area contributed by atoms with Crippen molar-refractivity contribution in [2.24, 2.45) is 0 Å². The van der Waals surface area contributed by atoms with Crippen LogP contribution in [-0.4, -0.2) is 16.1 Å². The molecule has 0 fully saturated rings. The van der Waals surface area contributed by atoms with Gasteiger partial charge in [-0.05, 0) is 6.07 Å². The van der Waals surface area contributed by atoms with E-state index in [1.807, 2.05) is 0 Å². The summed E-state index contributed by atoms with van der Waals surface area (Å²) in [5, 5.41) is 8.22. The minimum atomic E-state index is -1.43. The highest BCUT2D eigenvalue weighted by Gasteiger charge is 2.19. The first-order chi connectivity index (χ1) is 7.52. The fraction of sp³-hybridized carbons (Fsp3) is 0. The van der Waals surface area contributed by atoms with Crippen LogP contribution < -0.4 is 0 Å². The summed E-state index contributed by atoms with van der Waals surface area (Å²) in [5.74, 6) is -5.35. The van der Waals surface area contributed by atoms with Crippen LogP contribution in [0.25, 0.3) is 10.9 Å². The van der Waals surface area contributed by atoms with Crippen molar-refractivity contribution in [2.45, 2.75) is 0 Å². The summed E-state index contributed by atoms with van der Waals surface area (Å²) in [6.45, 7) is 0. The van der Waals surface area contributed by atoms with Gasteiger partial charge in [-0.25, -0.2) is 18.0 Å². The van der Waals surface area contributed by atoms with Crippen molar-refractivity contribution in [3.63, 3.8) is 0 Å². The number of aromatic carboxylic acids is 1. The van der Waals surface area contributed by atoms with Crippen molar-refractivity contribution in [2.75, 3.05) is 0 Å². The van der Waals surface area contributed by atoms with Gasteiger partial charge in [0.05, 0.1) is 10.9 Å². The van der Waals surface area contributed by atoms with Crippen LogP contribution >= 0.6 is 0 Å². The van der Waals surface area contributed by atoms with E-state index in [1.165, 1.54) is 0 Å². The van der Waals surface area contributed by atoms with E-state index < -0.39 is 39.9 Å². The lowest BCUT2D eigenvalue weighted by molar-refractivity contribution is 0.0698. The number of carbonyl (C=O) groups is 1. The molecule has 82 valence electrons. The minimum absolute atomic E-state index is 0.297. The van der Waals surface area contributed by atoms with Crippen molar-refractivity contribution in [1.29, 1.82) is 0 Å². The molecule has 0 radical (unpaired) electrons. The second-order valence-electron chi connectivity index (χ2n) is 3.04. The van der Waals surface area contributed by atoms with E-state index in [9.17, 15) is 18.0 Å². The molecule has 0 saturated carbocycles. The number of rotatable bonds is 1. The molecule has 0 atom stereocenters. The van der Waals surface area contributed by atoms with Crippen molar-refractivity contribution >= 4 is 16.9 Å². The van der Waals surface area contributed by atoms with Crippen LogP contribution in [0.4, 0.5) is 13.2 Å². The quantitative estimate of drug-likeness (QED) is 0.760. The molecule has 1 N–H and O–H groups in total. The zero-order valence-electron chi connectivity index (χ0n) is 7.67. The van der Waals surface area contributed by atoms with Gasteiger partial charge in [0.2, 0.25) is 0 Å². The zero-order valence-corrected chi connectivity index (χ0v) is 7.67. The Morgan fingerprint density at radius 3 is 2.56 bits per heavy atom. The van der Waals surface area contributed by atoms with Crippen LogP contribution in [0.5, 0.6) is 0 Å². The Hall–Kier alpha value is -2.11. The van der Waals surface area contributed by atoms with Crippen LogP contribution in [0, 0.1) is 17.5 Å². The van der Waals surface area contributed by atoms with Crippen LogP contribution in [0.15, 0.2) is 18.3 Å². The monoisotopic (exact) mass is 227 g/mol. The summed E-state index contributed by atoms with van der Waals surface area (Å²) in [6, 6.07) is 1.32. The minimum Gasteiger partial charge on any atom is -0.478 e. The van der Waals surface area contributed by atoms with Crippen molar-refractivity contribution in [3.05, 3.63) is 41.3 Å². The van der Waals surface area contributed by atoms with Gasteiger partial charge >= 0.3 is 5.97 Å². The smallest absolute Gasteiger partial charge is 0.336 e. The SMILES string of the molecule is O=C(O)c1ccnc2c(F)c(F)cc(F)c12. The fourth-order valence-corrected chi connectivity index (χ4v) is 1.41. The third-order valence-corrected chi connectivity index (χ3v) is 2.09. The number of carboxylic acids is 1. The molecule has 0 saturated heterocycles. The average Bonchev–Trinajstić information content (AvgIpc) is 2.25. The Morgan fingerprint density at radius 1 is 1.25 bits per heavy atom. The van der Waals surface area contributed by atoms with E-state index in [-0.39, 0.29) is 0 Å².